The van der Waals surface area contributed by atoms with Gasteiger partial charge in [0.1, 0.15) is 11.6 Å². The molecular weight excluding hydrogens is 325 g/mol. The van der Waals surface area contributed by atoms with Crippen LogP contribution in [0, 0.1) is 12.7 Å². The number of fused-ring (bicyclic) bond motifs is 1. The van der Waals surface area contributed by atoms with Crippen molar-refractivity contribution in [3.8, 4) is 0 Å². The van der Waals surface area contributed by atoms with Gasteiger partial charge in [0.2, 0.25) is 11.8 Å². The Kier molecular flexibility index (Phi) is 3.95. The number of amides is 1. The molecule has 8 heteroatoms. The summed E-state index contributed by atoms with van der Waals surface area (Å²) in [5.74, 6) is 1.79. The van der Waals surface area contributed by atoms with Crippen molar-refractivity contribution in [2.75, 3.05) is 13.1 Å². The van der Waals surface area contributed by atoms with Crippen LogP contribution in [0.3, 0.4) is 0 Å². The summed E-state index contributed by atoms with van der Waals surface area (Å²) in [6.07, 6.45) is 1.69. The smallest absolute Gasteiger partial charge is 0.231 e. The number of hydrogen-bond acceptors (Lipinski definition) is 5. The van der Waals surface area contributed by atoms with E-state index < -0.39 is 0 Å². The topological polar surface area (TPSA) is 87.9 Å². The van der Waals surface area contributed by atoms with E-state index in [2.05, 4.69) is 20.1 Å². The van der Waals surface area contributed by atoms with E-state index in [9.17, 15) is 9.18 Å². The fraction of sp³-hybridized carbons (Fsp3) is 0.412. The zero-order valence-corrected chi connectivity index (χ0v) is 13.8. The second-order valence-corrected chi connectivity index (χ2v) is 6.35. The lowest BCUT2D eigenvalue weighted by Crippen LogP contribution is -2.28. The molecule has 4 rings (SSSR count). The van der Waals surface area contributed by atoms with Crippen LogP contribution in [0.25, 0.3) is 11.0 Å². The number of aromatic nitrogens is 4. The SMILES string of the molecule is Cc1noc([C@H]2CCN(C(=O)CCc3nc4ccc(F)cc4[nH]3)C2)n1. The highest BCUT2D eigenvalue weighted by molar-refractivity contribution is 5.77. The highest BCUT2D eigenvalue weighted by atomic mass is 19.1. The van der Waals surface area contributed by atoms with Crippen LogP contribution in [0.2, 0.25) is 0 Å². The number of carbonyl (C=O) groups is 1. The second kappa shape index (κ2) is 6.27. The van der Waals surface area contributed by atoms with Gasteiger partial charge in [-0.05, 0) is 31.5 Å². The summed E-state index contributed by atoms with van der Waals surface area (Å²) in [6.45, 7) is 3.08. The number of aryl methyl sites for hydroxylation is 2. The Labute approximate surface area is 143 Å². The van der Waals surface area contributed by atoms with Crippen LogP contribution in [0.5, 0.6) is 0 Å². The monoisotopic (exact) mass is 343 g/mol. The molecule has 1 fully saturated rings. The van der Waals surface area contributed by atoms with Crippen LogP contribution in [0.1, 0.15) is 36.3 Å². The molecule has 0 saturated carbocycles. The summed E-state index contributed by atoms with van der Waals surface area (Å²) in [5.41, 5.74) is 1.35. The van der Waals surface area contributed by atoms with Crippen LogP contribution in [-0.2, 0) is 11.2 Å². The molecular formula is C17H18FN5O2. The minimum Gasteiger partial charge on any atom is -0.342 e. The van der Waals surface area contributed by atoms with Crippen molar-refractivity contribution in [3.05, 3.63) is 41.6 Å². The Balaban J connectivity index is 1.35. The van der Waals surface area contributed by atoms with Gasteiger partial charge in [0.15, 0.2) is 5.82 Å². The van der Waals surface area contributed by atoms with Crippen LogP contribution in [0.4, 0.5) is 4.39 Å². The minimum atomic E-state index is -0.307. The van der Waals surface area contributed by atoms with Crippen molar-refractivity contribution >= 4 is 16.9 Å². The number of hydrogen-bond donors (Lipinski definition) is 1. The average Bonchev–Trinajstić information content (AvgIpc) is 3.30. The van der Waals surface area contributed by atoms with Crippen molar-refractivity contribution in [3.63, 3.8) is 0 Å². The highest BCUT2D eigenvalue weighted by Crippen LogP contribution is 2.26. The van der Waals surface area contributed by atoms with Gasteiger partial charge in [0.05, 0.1) is 17.0 Å². The quantitative estimate of drug-likeness (QED) is 0.785. The number of halogens is 1. The molecule has 1 atom stereocenters. The molecule has 130 valence electrons. The number of imidazole rings is 1. The summed E-state index contributed by atoms with van der Waals surface area (Å²) >= 11 is 0. The van der Waals surface area contributed by atoms with E-state index in [0.29, 0.717) is 54.5 Å². The molecule has 7 nitrogen and oxygen atoms in total. The lowest BCUT2D eigenvalue weighted by Gasteiger charge is -2.15. The first-order chi connectivity index (χ1) is 12.1. The number of aromatic amines is 1. The number of nitrogens with zero attached hydrogens (tertiary/aromatic N) is 4. The molecule has 0 bridgehead atoms. The Morgan fingerprint density at radius 3 is 3.12 bits per heavy atom. The lowest BCUT2D eigenvalue weighted by atomic mass is 10.1. The predicted octanol–water partition coefficient (Wildman–Crippen LogP) is 2.34. The third-order valence-electron chi connectivity index (χ3n) is 4.50. The number of nitrogens with one attached hydrogen (secondary N) is 1. The number of likely N-dealkylation sites (tertiary alicyclic amines) is 1. The zero-order chi connectivity index (χ0) is 17.4. The van der Waals surface area contributed by atoms with E-state index >= 15 is 0 Å². The Morgan fingerprint density at radius 2 is 2.32 bits per heavy atom. The van der Waals surface area contributed by atoms with Crippen LogP contribution >= 0.6 is 0 Å². The van der Waals surface area contributed by atoms with Gasteiger partial charge >= 0.3 is 0 Å². The van der Waals surface area contributed by atoms with Gasteiger partial charge in [-0.2, -0.15) is 4.98 Å². The van der Waals surface area contributed by atoms with E-state index in [1.54, 1.807) is 13.0 Å². The zero-order valence-electron chi connectivity index (χ0n) is 13.8. The maximum atomic E-state index is 13.2. The summed E-state index contributed by atoms with van der Waals surface area (Å²) < 4.78 is 18.4. The van der Waals surface area contributed by atoms with Crippen molar-refractivity contribution in [2.24, 2.45) is 0 Å². The van der Waals surface area contributed by atoms with Crippen LogP contribution < -0.4 is 0 Å². The van der Waals surface area contributed by atoms with Gasteiger partial charge in [-0.1, -0.05) is 5.16 Å². The predicted molar refractivity (Wildman–Crippen MR) is 87.3 cm³/mol. The molecule has 1 amide bonds. The number of carbonyl (C=O) groups excluding carboxylic acids is 1. The van der Waals surface area contributed by atoms with E-state index in [-0.39, 0.29) is 17.6 Å². The van der Waals surface area contributed by atoms with Crippen LogP contribution in [0.15, 0.2) is 22.7 Å². The molecule has 1 N–H and O–H groups in total. The largest absolute Gasteiger partial charge is 0.342 e. The molecule has 1 aromatic carbocycles. The van der Waals surface area contributed by atoms with Crippen molar-refractivity contribution in [2.45, 2.75) is 32.1 Å². The van der Waals surface area contributed by atoms with E-state index in [4.69, 9.17) is 4.52 Å². The molecule has 3 aromatic rings. The van der Waals surface area contributed by atoms with Gasteiger partial charge in [0.25, 0.3) is 0 Å². The van der Waals surface area contributed by atoms with Gasteiger partial charge in [-0.25, -0.2) is 9.37 Å². The number of benzene rings is 1. The number of H-pyrrole nitrogens is 1. The minimum absolute atomic E-state index is 0.0744. The molecule has 0 radical (unpaired) electrons. The normalized spacial score (nSPS) is 17.5. The highest BCUT2D eigenvalue weighted by Gasteiger charge is 2.30. The Bertz CT molecular complexity index is 919. The molecule has 0 aliphatic carbocycles. The molecule has 25 heavy (non-hydrogen) atoms. The van der Waals surface area contributed by atoms with Gasteiger partial charge in [-0.3, -0.25) is 4.79 Å². The Morgan fingerprint density at radius 1 is 1.44 bits per heavy atom. The van der Waals surface area contributed by atoms with Crippen molar-refractivity contribution in [1.82, 2.24) is 25.0 Å². The summed E-state index contributed by atoms with van der Waals surface area (Å²) in [7, 11) is 0. The maximum Gasteiger partial charge on any atom is 0.231 e. The third kappa shape index (κ3) is 3.24. The van der Waals surface area contributed by atoms with E-state index in [1.807, 2.05) is 4.90 Å². The van der Waals surface area contributed by atoms with Crippen molar-refractivity contribution in [1.29, 1.82) is 0 Å². The molecule has 2 aromatic heterocycles. The molecule has 1 aliphatic heterocycles. The molecule has 1 saturated heterocycles. The summed E-state index contributed by atoms with van der Waals surface area (Å²) in [4.78, 5) is 26.0. The standard InChI is InChI=1S/C17H18FN5O2/c1-10-19-17(25-22-10)11-6-7-23(9-11)16(24)5-4-15-20-13-3-2-12(18)8-14(13)21-15/h2-3,8,11H,4-7,9H2,1H3,(H,20,21)/t11-/m0/s1. The number of rotatable bonds is 4. The fourth-order valence-electron chi connectivity index (χ4n) is 3.20. The van der Waals surface area contributed by atoms with Gasteiger partial charge < -0.3 is 14.4 Å². The first-order valence-electron chi connectivity index (χ1n) is 8.30. The lowest BCUT2D eigenvalue weighted by molar-refractivity contribution is -0.130. The summed E-state index contributed by atoms with van der Waals surface area (Å²) in [6, 6.07) is 4.41. The first-order valence-corrected chi connectivity index (χ1v) is 8.30. The van der Waals surface area contributed by atoms with Gasteiger partial charge in [-0.15, -0.1) is 0 Å². The van der Waals surface area contributed by atoms with Gasteiger partial charge in [0, 0.05) is 25.9 Å². The average molecular weight is 343 g/mol. The fourth-order valence-corrected chi connectivity index (χ4v) is 3.20. The van der Waals surface area contributed by atoms with Crippen molar-refractivity contribution < 1.29 is 13.7 Å². The Hall–Kier alpha value is -2.77. The molecule has 0 unspecified atom stereocenters. The summed E-state index contributed by atoms with van der Waals surface area (Å²) in [5, 5.41) is 3.81. The third-order valence-corrected chi connectivity index (χ3v) is 4.50. The molecule has 3 heterocycles. The molecule has 0 spiro atoms. The van der Waals surface area contributed by atoms with E-state index in [0.717, 1.165) is 6.42 Å². The first kappa shape index (κ1) is 15.7. The second-order valence-electron chi connectivity index (χ2n) is 6.35. The van der Waals surface area contributed by atoms with Crippen LogP contribution in [-0.4, -0.2) is 44.0 Å². The van der Waals surface area contributed by atoms with E-state index in [1.165, 1.54) is 12.1 Å². The molecule has 1 aliphatic rings. The maximum absolute atomic E-state index is 13.2.